The molecule has 98 valence electrons. The molecule has 0 spiro atoms. The number of benzene rings is 2. The summed E-state index contributed by atoms with van der Waals surface area (Å²) in [5, 5.41) is 1.74. The zero-order valence-corrected chi connectivity index (χ0v) is 11.5. The zero-order valence-electron chi connectivity index (χ0n) is 10.7. The first-order valence-electron chi connectivity index (χ1n) is 6.58. The van der Waals surface area contributed by atoms with E-state index in [1.54, 1.807) is 0 Å². The summed E-state index contributed by atoms with van der Waals surface area (Å²) in [4.78, 5) is 4.69. The topological polar surface area (TPSA) is 25.4 Å². The Balaban J connectivity index is 1.87. The van der Waals surface area contributed by atoms with E-state index in [4.69, 9.17) is 21.3 Å². The van der Waals surface area contributed by atoms with Gasteiger partial charge in [-0.2, -0.15) is 0 Å². The molecular formula is C17H12ClNO. The summed E-state index contributed by atoms with van der Waals surface area (Å²) in [5.74, 6) is 0. The first-order chi connectivity index (χ1) is 9.81. The molecule has 20 heavy (non-hydrogen) atoms. The molecule has 1 aliphatic rings. The van der Waals surface area contributed by atoms with E-state index in [1.807, 2.05) is 30.3 Å². The van der Waals surface area contributed by atoms with Gasteiger partial charge in [-0.15, -0.1) is 0 Å². The Bertz CT molecular complexity index is 782. The number of nitrogens with zero attached hydrogens (tertiary/aromatic N) is 1. The largest absolute Gasteiger partial charge is 0.368 e. The quantitative estimate of drug-likeness (QED) is 0.640. The monoisotopic (exact) mass is 281 g/mol. The Morgan fingerprint density at radius 2 is 1.85 bits per heavy atom. The van der Waals surface area contributed by atoms with Crippen LogP contribution in [0.25, 0.3) is 22.2 Å². The van der Waals surface area contributed by atoms with Crippen molar-refractivity contribution in [2.45, 2.75) is 6.10 Å². The van der Waals surface area contributed by atoms with Crippen LogP contribution in [0.4, 0.5) is 0 Å². The number of hydrogen-bond acceptors (Lipinski definition) is 2. The van der Waals surface area contributed by atoms with Crippen LogP contribution in [-0.4, -0.2) is 11.6 Å². The van der Waals surface area contributed by atoms with E-state index >= 15 is 0 Å². The molecule has 0 N–H and O–H groups in total. The minimum atomic E-state index is 0.214. The second kappa shape index (κ2) is 4.58. The zero-order chi connectivity index (χ0) is 13.5. The van der Waals surface area contributed by atoms with Crippen LogP contribution in [0.1, 0.15) is 11.7 Å². The fourth-order valence-corrected chi connectivity index (χ4v) is 2.69. The molecule has 0 saturated carbocycles. The molecule has 1 aliphatic heterocycles. The van der Waals surface area contributed by atoms with Crippen LogP contribution in [0.5, 0.6) is 0 Å². The van der Waals surface area contributed by atoms with Crippen molar-refractivity contribution in [2.75, 3.05) is 6.61 Å². The number of hydrogen-bond donors (Lipinski definition) is 0. The smallest absolute Gasteiger partial charge is 0.106 e. The molecule has 1 fully saturated rings. The molecule has 0 aliphatic carbocycles. The summed E-state index contributed by atoms with van der Waals surface area (Å²) >= 11 is 6.38. The van der Waals surface area contributed by atoms with Gasteiger partial charge in [-0.25, -0.2) is 4.98 Å². The summed E-state index contributed by atoms with van der Waals surface area (Å²) in [6.07, 6.45) is 0.214. The number of fused-ring (bicyclic) bond motifs is 1. The normalized spacial score (nSPS) is 17.4. The average Bonchev–Trinajstić information content (AvgIpc) is 3.32. The SMILES string of the molecule is Clc1cc(C2CO2)cc2ccc(-c3ccccc3)nc12. The maximum Gasteiger partial charge on any atom is 0.106 e. The molecule has 2 nitrogen and oxygen atoms in total. The standard InChI is InChI=1S/C17H12ClNO/c18-14-9-13(16-10-20-16)8-12-6-7-15(19-17(12)14)11-4-2-1-3-5-11/h1-9,16H,10H2. The molecule has 2 aromatic carbocycles. The molecular weight excluding hydrogens is 270 g/mol. The van der Waals surface area contributed by atoms with Crippen molar-refractivity contribution >= 4 is 22.5 Å². The molecule has 0 bridgehead atoms. The summed E-state index contributed by atoms with van der Waals surface area (Å²) < 4.78 is 5.31. The Labute approximate surface area is 122 Å². The van der Waals surface area contributed by atoms with E-state index in [2.05, 4.69) is 24.3 Å². The van der Waals surface area contributed by atoms with Gasteiger partial charge in [-0.05, 0) is 23.8 Å². The van der Waals surface area contributed by atoms with Gasteiger partial charge in [0, 0.05) is 10.9 Å². The molecule has 3 aromatic rings. The second-order valence-electron chi connectivity index (χ2n) is 4.96. The number of ether oxygens (including phenoxy) is 1. The maximum atomic E-state index is 6.38. The highest BCUT2D eigenvalue weighted by Crippen LogP contribution is 2.35. The fourth-order valence-electron chi connectivity index (χ4n) is 2.41. The lowest BCUT2D eigenvalue weighted by molar-refractivity contribution is 0.416. The summed E-state index contributed by atoms with van der Waals surface area (Å²) in [7, 11) is 0. The van der Waals surface area contributed by atoms with Crippen LogP contribution in [0, 0.1) is 0 Å². The minimum absolute atomic E-state index is 0.214. The van der Waals surface area contributed by atoms with Crippen molar-refractivity contribution in [3.8, 4) is 11.3 Å². The van der Waals surface area contributed by atoms with Gasteiger partial charge in [0.1, 0.15) is 6.10 Å². The molecule has 2 heterocycles. The highest BCUT2D eigenvalue weighted by atomic mass is 35.5. The van der Waals surface area contributed by atoms with Gasteiger partial charge < -0.3 is 4.74 Å². The summed E-state index contributed by atoms with van der Waals surface area (Å²) in [5.41, 5.74) is 4.02. The van der Waals surface area contributed by atoms with Crippen LogP contribution in [0.3, 0.4) is 0 Å². The molecule has 4 rings (SSSR count). The third-order valence-electron chi connectivity index (χ3n) is 3.54. The third kappa shape index (κ3) is 2.07. The van der Waals surface area contributed by atoms with Crippen LogP contribution in [-0.2, 0) is 4.74 Å². The Kier molecular flexibility index (Phi) is 2.72. The van der Waals surface area contributed by atoms with E-state index in [0.717, 1.165) is 34.3 Å². The van der Waals surface area contributed by atoms with Gasteiger partial charge in [-0.1, -0.05) is 48.0 Å². The highest BCUT2D eigenvalue weighted by molar-refractivity contribution is 6.35. The molecule has 0 amide bonds. The van der Waals surface area contributed by atoms with Gasteiger partial charge in [0.25, 0.3) is 0 Å². The minimum Gasteiger partial charge on any atom is -0.368 e. The number of rotatable bonds is 2. The lowest BCUT2D eigenvalue weighted by Gasteiger charge is -2.06. The molecule has 1 unspecified atom stereocenters. The molecule has 3 heteroatoms. The first kappa shape index (κ1) is 11.9. The predicted octanol–water partition coefficient (Wildman–Crippen LogP) is 4.63. The van der Waals surface area contributed by atoms with E-state index < -0.39 is 0 Å². The van der Waals surface area contributed by atoms with Crippen LogP contribution in [0.2, 0.25) is 5.02 Å². The van der Waals surface area contributed by atoms with E-state index in [-0.39, 0.29) is 6.10 Å². The Morgan fingerprint density at radius 1 is 1.05 bits per heavy atom. The summed E-state index contributed by atoms with van der Waals surface area (Å²) in [6.45, 7) is 0.789. The van der Waals surface area contributed by atoms with Gasteiger partial charge in [0.15, 0.2) is 0 Å². The Hall–Kier alpha value is -1.90. The lowest BCUT2D eigenvalue weighted by atomic mass is 10.1. The number of halogens is 1. The lowest BCUT2D eigenvalue weighted by Crippen LogP contribution is -1.89. The fraction of sp³-hybridized carbons (Fsp3) is 0.118. The third-order valence-corrected chi connectivity index (χ3v) is 3.83. The predicted molar refractivity (Wildman–Crippen MR) is 80.9 cm³/mol. The summed E-state index contributed by atoms with van der Waals surface area (Å²) in [6, 6.07) is 18.3. The number of epoxide rings is 1. The van der Waals surface area contributed by atoms with Gasteiger partial charge >= 0.3 is 0 Å². The van der Waals surface area contributed by atoms with E-state index in [0.29, 0.717) is 5.02 Å². The van der Waals surface area contributed by atoms with Crippen molar-refractivity contribution in [3.05, 3.63) is 65.2 Å². The maximum absolute atomic E-state index is 6.38. The Morgan fingerprint density at radius 3 is 2.60 bits per heavy atom. The van der Waals surface area contributed by atoms with Crippen LogP contribution in [0.15, 0.2) is 54.6 Å². The van der Waals surface area contributed by atoms with Crippen LogP contribution >= 0.6 is 11.6 Å². The van der Waals surface area contributed by atoms with Crippen molar-refractivity contribution in [1.82, 2.24) is 4.98 Å². The second-order valence-corrected chi connectivity index (χ2v) is 5.37. The van der Waals surface area contributed by atoms with E-state index in [9.17, 15) is 0 Å². The molecule has 0 radical (unpaired) electrons. The van der Waals surface area contributed by atoms with Crippen LogP contribution < -0.4 is 0 Å². The van der Waals surface area contributed by atoms with Crippen molar-refractivity contribution < 1.29 is 4.74 Å². The average molecular weight is 282 g/mol. The molecule has 1 aromatic heterocycles. The van der Waals surface area contributed by atoms with Crippen molar-refractivity contribution in [2.24, 2.45) is 0 Å². The molecule has 1 saturated heterocycles. The first-order valence-corrected chi connectivity index (χ1v) is 6.96. The van der Waals surface area contributed by atoms with E-state index in [1.165, 1.54) is 0 Å². The van der Waals surface area contributed by atoms with Gasteiger partial charge in [0.2, 0.25) is 0 Å². The highest BCUT2D eigenvalue weighted by Gasteiger charge is 2.25. The van der Waals surface area contributed by atoms with Crippen molar-refractivity contribution in [3.63, 3.8) is 0 Å². The number of pyridine rings is 1. The molecule has 1 atom stereocenters. The van der Waals surface area contributed by atoms with Gasteiger partial charge in [0.05, 0.1) is 22.8 Å². The number of aromatic nitrogens is 1. The van der Waals surface area contributed by atoms with Crippen molar-refractivity contribution in [1.29, 1.82) is 0 Å². The van der Waals surface area contributed by atoms with Gasteiger partial charge in [-0.3, -0.25) is 0 Å².